The van der Waals surface area contributed by atoms with Gasteiger partial charge in [-0.1, -0.05) is 48.0 Å². The largest absolute Gasteiger partial charge is 0.321 e. The molecule has 0 aliphatic rings. The maximum absolute atomic E-state index is 12.5. The van der Waals surface area contributed by atoms with Crippen molar-refractivity contribution in [1.82, 2.24) is 4.98 Å². The van der Waals surface area contributed by atoms with E-state index in [1.54, 1.807) is 0 Å². The van der Waals surface area contributed by atoms with Crippen LogP contribution in [-0.4, -0.2) is 10.9 Å². The van der Waals surface area contributed by atoms with Gasteiger partial charge in [-0.25, -0.2) is 4.98 Å². The monoisotopic (exact) mass is 322 g/mol. The molecule has 23 heavy (non-hydrogen) atoms. The van der Waals surface area contributed by atoms with Crippen molar-refractivity contribution < 1.29 is 4.79 Å². The summed E-state index contributed by atoms with van der Waals surface area (Å²) in [6, 6.07) is 16.1. The number of carbonyl (C=O) groups is 1. The Bertz CT molecular complexity index is 850. The molecule has 1 N–H and O–H groups in total. The third-order valence-corrected chi connectivity index (χ3v) is 4.72. The fourth-order valence-corrected chi connectivity index (χ4v) is 3.31. The number of benzene rings is 2. The molecule has 0 fully saturated rings. The molecular weight excluding hydrogens is 304 g/mol. The van der Waals surface area contributed by atoms with Gasteiger partial charge in [-0.2, -0.15) is 0 Å². The van der Waals surface area contributed by atoms with Gasteiger partial charge in [0.15, 0.2) is 0 Å². The highest BCUT2D eigenvalue weighted by Crippen LogP contribution is 2.29. The second kappa shape index (κ2) is 6.34. The molecule has 0 aliphatic carbocycles. The number of thiazole rings is 1. The number of aromatic nitrogens is 1. The lowest BCUT2D eigenvalue weighted by Gasteiger charge is -2.11. The molecule has 0 aliphatic heterocycles. The second-order valence-corrected chi connectivity index (χ2v) is 6.72. The Morgan fingerprint density at radius 3 is 2.35 bits per heavy atom. The van der Waals surface area contributed by atoms with Crippen LogP contribution in [-0.2, 0) is 0 Å². The molecule has 1 amide bonds. The Morgan fingerprint density at radius 2 is 1.70 bits per heavy atom. The molecule has 0 radical (unpaired) electrons. The van der Waals surface area contributed by atoms with Gasteiger partial charge in [0.25, 0.3) is 5.91 Å². The van der Waals surface area contributed by atoms with Gasteiger partial charge in [-0.3, -0.25) is 4.79 Å². The van der Waals surface area contributed by atoms with E-state index < -0.39 is 0 Å². The van der Waals surface area contributed by atoms with Gasteiger partial charge in [-0.05, 0) is 32.4 Å². The van der Waals surface area contributed by atoms with Crippen molar-refractivity contribution in [2.45, 2.75) is 20.8 Å². The first-order chi connectivity index (χ1) is 11.0. The normalized spacial score (nSPS) is 10.6. The molecule has 0 bridgehead atoms. The van der Waals surface area contributed by atoms with Crippen LogP contribution in [0.1, 0.15) is 25.9 Å². The fourth-order valence-electron chi connectivity index (χ4n) is 2.50. The smallest absolute Gasteiger partial charge is 0.267 e. The molecule has 1 heterocycles. The minimum Gasteiger partial charge on any atom is -0.321 e. The first-order valence-electron chi connectivity index (χ1n) is 7.46. The van der Waals surface area contributed by atoms with Crippen LogP contribution in [0.5, 0.6) is 0 Å². The van der Waals surface area contributed by atoms with Gasteiger partial charge in [-0.15, -0.1) is 11.3 Å². The Labute approximate surface area is 140 Å². The van der Waals surface area contributed by atoms with E-state index in [1.165, 1.54) is 16.9 Å². The third kappa shape index (κ3) is 3.32. The molecule has 3 nitrogen and oxygen atoms in total. The molecule has 116 valence electrons. The van der Waals surface area contributed by atoms with E-state index in [2.05, 4.69) is 41.5 Å². The van der Waals surface area contributed by atoms with Crippen LogP contribution >= 0.6 is 11.3 Å². The molecule has 0 saturated heterocycles. The average molecular weight is 322 g/mol. The first-order valence-corrected chi connectivity index (χ1v) is 8.27. The minimum atomic E-state index is -0.104. The standard InChI is InChI=1S/C19H18N2OS/c1-12-8-10-15(11-9-12)16-6-4-5-7-17(16)21-19(22)18-13(2)20-14(3)23-18/h4-11H,1-3H3,(H,21,22). The molecule has 2 aromatic carbocycles. The van der Waals surface area contributed by atoms with E-state index in [-0.39, 0.29) is 5.91 Å². The highest BCUT2D eigenvalue weighted by atomic mass is 32.1. The quantitative estimate of drug-likeness (QED) is 0.738. The van der Waals surface area contributed by atoms with E-state index in [9.17, 15) is 4.79 Å². The molecule has 0 atom stereocenters. The summed E-state index contributed by atoms with van der Waals surface area (Å²) in [5, 5.41) is 3.93. The fraction of sp³-hybridized carbons (Fsp3) is 0.158. The predicted octanol–water partition coefficient (Wildman–Crippen LogP) is 4.99. The van der Waals surface area contributed by atoms with Crippen LogP contribution in [0.4, 0.5) is 5.69 Å². The Morgan fingerprint density at radius 1 is 1.00 bits per heavy atom. The molecular formula is C19H18N2OS. The van der Waals surface area contributed by atoms with Gasteiger partial charge in [0, 0.05) is 11.3 Å². The summed E-state index contributed by atoms with van der Waals surface area (Å²) in [6.07, 6.45) is 0. The van der Waals surface area contributed by atoms with Crippen molar-refractivity contribution in [3.05, 3.63) is 69.7 Å². The lowest BCUT2D eigenvalue weighted by atomic mass is 10.0. The number of amides is 1. The first kappa shape index (κ1) is 15.4. The average Bonchev–Trinajstić information content (AvgIpc) is 2.87. The molecule has 4 heteroatoms. The van der Waals surface area contributed by atoms with Crippen LogP contribution in [0, 0.1) is 20.8 Å². The van der Waals surface area contributed by atoms with Crippen molar-refractivity contribution >= 4 is 22.9 Å². The molecule has 3 rings (SSSR count). The zero-order valence-electron chi connectivity index (χ0n) is 13.4. The summed E-state index contributed by atoms with van der Waals surface area (Å²) in [6.45, 7) is 5.84. The summed E-state index contributed by atoms with van der Waals surface area (Å²) in [7, 11) is 0. The van der Waals surface area contributed by atoms with Crippen molar-refractivity contribution in [1.29, 1.82) is 0 Å². The molecule has 0 unspecified atom stereocenters. The van der Waals surface area contributed by atoms with E-state index in [1.807, 2.05) is 38.1 Å². The number of hydrogen-bond donors (Lipinski definition) is 1. The van der Waals surface area contributed by atoms with Crippen LogP contribution < -0.4 is 5.32 Å². The maximum Gasteiger partial charge on any atom is 0.267 e. The zero-order valence-corrected chi connectivity index (χ0v) is 14.2. The van der Waals surface area contributed by atoms with E-state index in [0.29, 0.717) is 4.88 Å². The summed E-state index contributed by atoms with van der Waals surface area (Å²) < 4.78 is 0. The number of nitrogens with zero attached hydrogens (tertiary/aromatic N) is 1. The van der Waals surface area contributed by atoms with Crippen molar-refractivity contribution in [3.8, 4) is 11.1 Å². The SMILES string of the molecule is Cc1ccc(-c2ccccc2NC(=O)c2sc(C)nc2C)cc1. The van der Waals surface area contributed by atoms with E-state index >= 15 is 0 Å². The van der Waals surface area contributed by atoms with Gasteiger partial charge >= 0.3 is 0 Å². The van der Waals surface area contributed by atoms with E-state index in [4.69, 9.17) is 0 Å². The summed E-state index contributed by atoms with van der Waals surface area (Å²) in [5.41, 5.74) is 4.90. The van der Waals surface area contributed by atoms with Gasteiger partial charge in [0.1, 0.15) is 4.88 Å². The molecule has 1 aromatic heterocycles. The topological polar surface area (TPSA) is 42.0 Å². The number of rotatable bonds is 3. The number of anilines is 1. The lowest BCUT2D eigenvalue weighted by molar-refractivity contribution is 0.103. The molecule has 0 spiro atoms. The van der Waals surface area contributed by atoms with Gasteiger partial charge < -0.3 is 5.32 Å². The van der Waals surface area contributed by atoms with Crippen molar-refractivity contribution in [2.24, 2.45) is 0 Å². The van der Waals surface area contributed by atoms with Crippen molar-refractivity contribution in [3.63, 3.8) is 0 Å². The van der Waals surface area contributed by atoms with Crippen LogP contribution in [0.15, 0.2) is 48.5 Å². The third-order valence-electron chi connectivity index (χ3n) is 3.65. The number of aryl methyl sites for hydroxylation is 3. The number of nitrogens with one attached hydrogen (secondary N) is 1. The second-order valence-electron chi connectivity index (χ2n) is 5.51. The summed E-state index contributed by atoms with van der Waals surface area (Å²) in [4.78, 5) is 17.5. The zero-order chi connectivity index (χ0) is 16.4. The van der Waals surface area contributed by atoms with Crippen molar-refractivity contribution in [2.75, 3.05) is 5.32 Å². The number of hydrogen-bond acceptors (Lipinski definition) is 3. The van der Waals surface area contributed by atoms with Crippen LogP contribution in [0.25, 0.3) is 11.1 Å². The Kier molecular flexibility index (Phi) is 4.26. The minimum absolute atomic E-state index is 0.104. The molecule has 0 saturated carbocycles. The number of carbonyl (C=O) groups excluding carboxylic acids is 1. The summed E-state index contributed by atoms with van der Waals surface area (Å²) >= 11 is 1.42. The van der Waals surface area contributed by atoms with Crippen LogP contribution in [0.2, 0.25) is 0 Å². The van der Waals surface area contributed by atoms with E-state index in [0.717, 1.165) is 27.5 Å². The highest BCUT2D eigenvalue weighted by Gasteiger charge is 2.15. The Balaban J connectivity index is 1.93. The highest BCUT2D eigenvalue weighted by molar-refractivity contribution is 7.13. The van der Waals surface area contributed by atoms with Gasteiger partial charge in [0.05, 0.1) is 10.7 Å². The predicted molar refractivity (Wildman–Crippen MR) is 96.2 cm³/mol. The summed E-state index contributed by atoms with van der Waals surface area (Å²) in [5.74, 6) is -0.104. The lowest BCUT2D eigenvalue weighted by Crippen LogP contribution is -2.12. The van der Waals surface area contributed by atoms with Gasteiger partial charge in [0.2, 0.25) is 0 Å². The van der Waals surface area contributed by atoms with Crippen LogP contribution in [0.3, 0.4) is 0 Å². The Hall–Kier alpha value is -2.46. The number of para-hydroxylation sites is 1. The molecule has 3 aromatic rings. The maximum atomic E-state index is 12.5.